The smallest absolute Gasteiger partial charge is 0.382 e. The minimum Gasteiger partial charge on any atom is -0.382 e. The summed E-state index contributed by atoms with van der Waals surface area (Å²) in [6.45, 7) is -0.0412. The Kier molecular flexibility index (Phi) is 8.64. The Morgan fingerprint density at radius 3 is 2.53 bits per heavy atom. The molecule has 2 aromatic heterocycles. The molecule has 2 aromatic carbocycles. The summed E-state index contributed by atoms with van der Waals surface area (Å²) in [4.78, 5) is 43.8. The molecule has 0 saturated carbocycles. The Morgan fingerprint density at radius 2 is 1.84 bits per heavy atom. The van der Waals surface area contributed by atoms with Crippen LogP contribution >= 0.6 is 11.6 Å². The molecule has 0 radical (unpaired) electrons. The van der Waals surface area contributed by atoms with E-state index in [1.807, 2.05) is 0 Å². The second-order valence-corrected chi connectivity index (χ2v) is 10.2. The number of carbonyl (C=O) groups excluding carboxylic acids is 2. The van der Waals surface area contributed by atoms with Crippen LogP contribution in [-0.2, 0) is 17.9 Å². The van der Waals surface area contributed by atoms with E-state index in [4.69, 9.17) is 11.6 Å². The number of halogens is 4. The van der Waals surface area contributed by atoms with Crippen LogP contribution in [0.15, 0.2) is 59.7 Å². The topological polar surface area (TPSA) is 140 Å². The molecule has 1 saturated heterocycles. The molecule has 16 heteroatoms. The van der Waals surface area contributed by atoms with Crippen LogP contribution < -0.4 is 11.0 Å². The fraction of sp³-hybridized carbons (Fsp3) is 0.333. The summed E-state index contributed by atoms with van der Waals surface area (Å²) in [5, 5.41) is 21.4. The lowest BCUT2D eigenvalue weighted by atomic mass is 10.1. The Labute approximate surface area is 247 Å². The van der Waals surface area contributed by atoms with Gasteiger partial charge in [0, 0.05) is 36.6 Å². The molecular formula is C27H26ClF3N8O4. The van der Waals surface area contributed by atoms with Crippen molar-refractivity contribution >= 4 is 23.4 Å². The van der Waals surface area contributed by atoms with Gasteiger partial charge in [-0.2, -0.15) is 13.2 Å². The lowest BCUT2D eigenvalue weighted by Gasteiger charge is -2.16. The van der Waals surface area contributed by atoms with Crippen molar-refractivity contribution in [3.8, 4) is 17.1 Å². The van der Waals surface area contributed by atoms with Gasteiger partial charge in [-0.25, -0.2) is 19.1 Å². The third-order valence-corrected chi connectivity index (χ3v) is 7.08. The van der Waals surface area contributed by atoms with E-state index in [0.717, 1.165) is 15.7 Å². The van der Waals surface area contributed by atoms with Crippen molar-refractivity contribution in [3.63, 3.8) is 0 Å². The van der Waals surface area contributed by atoms with Gasteiger partial charge in [0.15, 0.2) is 17.8 Å². The zero-order valence-electron chi connectivity index (χ0n) is 22.5. The van der Waals surface area contributed by atoms with E-state index in [0.29, 0.717) is 41.3 Å². The van der Waals surface area contributed by atoms with Crippen molar-refractivity contribution < 1.29 is 27.9 Å². The zero-order chi connectivity index (χ0) is 30.7. The minimum atomic E-state index is -4.95. The number of benzene rings is 2. The number of rotatable bonds is 10. The molecule has 4 aromatic rings. The molecule has 1 aliphatic rings. The van der Waals surface area contributed by atoms with Crippen molar-refractivity contribution in [2.75, 3.05) is 19.6 Å². The van der Waals surface area contributed by atoms with Crippen molar-refractivity contribution in [1.29, 1.82) is 0 Å². The molecule has 0 unspecified atom stereocenters. The number of hydrogen-bond acceptors (Lipinski definition) is 7. The van der Waals surface area contributed by atoms with Crippen LogP contribution in [0.4, 0.5) is 13.2 Å². The Hall–Kier alpha value is -4.50. The monoisotopic (exact) mass is 618 g/mol. The fourth-order valence-corrected chi connectivity index (χ4v) is 4.75. The van der Waals surface area contributed by atoms with Gasteiger partial charge in [-0.05, 0) is 42.8 Å². The third kappa shape index (κ3) is 6.78. The van der Waals surface area contributed by atoms with E-state index in [-0.39, 0.29) is 36.6 Å². The van der Waals surface area contributed by atoms with Crippen molar-refractivity contribution in [3.05, 3.63) is 81.8 Å². The highest BCUT2D eigenvalue weighted by atomic mass is 35.5. The molecule has 1 fully saturated rings. The number of carbonyl (C=O) groups is 2. The third-order valence-electron chi connectivity index (χ3n) is 6.82. The summed E-state index contributed by atoms with van der Waals surface area (Å²) in [5.74, 6) is -0.341. The molecule has 12 nitrogen and oxygen atoms in total. The summed E-state index contributed by atoms with van der Waals surface area (Å²) >= 11 is 5.93. The Balaban J connectivity index is 1.37. The molecule has 43 heavy (non-hydrogen) atoms. The summed E-state index contributed by atoms with van der Waals surface area (Å²) in [5.41, 5.74) is 0.0753. The quantitative estimate of drug-likeness (QED) is 0.278. The van der Waals surface area contributed by atoms with Gasteiger partial charge in [0.1, 0.15) is 12.9 Å². The number of para-hydroxylation sites is 1. The fourth-order valence-electron chi connectivity index (χ4n) is 4.62. The lowest BCUT2D eigenvalue weighted by Crippen LogP contribution is -2.37. The maximum atomic E-state index is 13.2. The molecule has 226 valence electrons. The number of amides is 2. The van der Waals surface area contributed by atoms with Gasteiger partial charge in [-0.3, -0.25) is 14.2 Å². The number of nitrogens with zero attached hydrogens (tertiary/aromatic N) is 7. The number of aromatic nitrogens is 6. The molecule has 0 spiro atoms. The van der Waals surface area contributed by atoms with E-state index in [2.05, 4.69) is 20.5 Å². The molecule has 1 aliphatic heterocycles. The highest BCUT2D eigenvalue weighted by molar-refractivity contribution is 6.30. The van der Waals surface area contributed by atoms with Gasteiger partial charge in [-0.1, -0.05) is 23.7 Å². The van der Waals surface area contributed by atoms with Crippen LogP contribution in [-0.4, -0.2) is 82.8 Å². The van der Waals surface area contributed by atoms with Gasteiger partial charge < -0.3 is 15.3 Å². The van der Waals surface area contributed by atoms with E-state index >= 15 is 0 Å². The summed E-state index contributed by atoms with van der Waals surface area (Å²) < 4.78 is 42.4. The van der Waals surface area contributed by atoms with E-state index in [1.165, 1.54) is 35.3 Å². The first-order valence-corrected chi connectivity index (χ1v) is 13.6. The first-order chi connectivity index (χ1) is 20.5. The number of aliphatic hydroxyl groups excluding tert-OH is 1. The average molecular weight is 619 g/mol. The molecule has 0 bridgehead atoms. The van der Waals surface area contributed by atoms with Crippen LogP contribution in [0.1, 0.15) is 29.0 Å². The largest absolute Gasteiger partial charge is 0.416 e. The van der Waals surface area contributed by atoms with E-state index < -0.39 is 24.5 Å². The molecule has 5 rings (SSSR count). The van der Waals surface area contributed by atoms with Crippen LogP contribution in [0.3, 0.4) is 0 Å². The van der Waals surface area contributed by atoms with Crippen LogP contribution in [0.25, 0.3) is 17.1 Å². The molecular weight excluding hydrogens is 593 g/mol. The summed E-state index contributed by atoms with van der Waals surface area (Å²) in [7, 11) is 0. The highest BCUT2D eigenvalue weighted by Crippen LogP contribution is 2.24. The summed E-state index contributed by atoms with van der Waals surface area (Å²) in [6, 6.07) is 12.6. The van der Waals surface area contributed by atoms with Crippen LogP contribution in [0.5, 0.6) is 0 Å². The number of nitrogens with one attached hydrogen (secondary N) is 1. The predicted octanol–water partition coefficient (Wildman–Crippen LogP) is 2.27. The Bertz CT molecular complexity index is 1680. The maximum absolute atomic E-state index is 13.2. The molecule has 2 amide bonds. The second-order valence-electron chi connectivity index (χ2n) is 9.80. The molecule has 2 N–H and O–H groups in total. The van der Waals surface area contributed by atoms with E-state index in [1.54, 1.807) is 29.2 Å². The van der Waals surface area contributed by atoms with Crippen molar-refractivity contribution in [2.24, 2.45) is 0 Å². The lowest BCUT2D eigenvalue weighted by molar-refractivity contribution is -0.207. The maximum Gasteiger partial charge on any atom is 0.416 e. The average Bonchev–Trinajstić information content (AvgIpc) is 3.69. The highest BCUT2D eigenvalue weighted by Gasteiger charge is 2.39. The SMILES string of the molecule is O=C(NCCN1CCCC1=O)c1ccccc1-n1cnc(Cn2nc(-c3ccc(Cl)cc3)n(C[C@H](O)C(F)(F)F)c2=O)n1. The van der Waals surface area contributed by atoms with Crippen LogP contribution in [0, 0.1) is 0 Å². The Morgan fingerprint density at radius 1 is 1.09 bits per heavy atom. The first-order valence-electron chi connectivity index (χ1n) is 13.3. The van der Waals surface area contributed by atoms with Crippen LogP contribution in [0.2, 0.25) is 5.02 Å². The predicted molar refractivity (Wildman–Crippen MR) is 148 cm³/mol. The van der Waals surface area contributed by atoms with Gasteiger partial charge in [0.05, 0.1) is 17.8 Å². The molecule has 3 heterocycles. The zero-order valence-corrected chi connectivity index (χ0v) is 23.3. The summed E-state index contributed by atoms with van der Waals surface area (Å²) in [6.07, 6.45) is -5.11. The minimum absolute atomic E-state index is 0.0607. The molecule has 0 aliphatic carbocycles. The standard InChI is InChI=1S/C27H26ClF3N8O4/c28-18-9-7-17(8-10-18)24-35-38(26(43)37(24)14-21(40)27(29,30)31)15-22-33-16-39(34-22)20-5-2-1-4-19(20)25(42)32-11-13-36-12-3-6-23(36)41/h1-2,4-5,7-10,16,21,40H,3,6,11-15H2,(H,32,42)/t21-/m0/s1. The molecule has 1 atom stereocenters. The van der Waals surface area contributed by atoms with Gasteiger partial charge in [-0.15, -0.1) is 10.2 Å². The van der Waals surface area contributed by atoms with Gasteiger partial charge in [0.25, 0.3) is 5.91 Å². The number of alkyl halides is 3. The first kappa shape index (κ1) is 30.0. The van der Waals surface area contributed by atoms with Gasteiger partial charge >= 0.3 is 11.9 Å². The normalized spacial score (nSPS) is 14.3. The number of aliphatic hydroxyl groups is 1. The van der Waals surface area contributed by atoms with E-state index in [9.17, 15) is 32.7 Å². The van der Waals surface area contributed by atoms with Crippen molar-refractivity contribution in [2.45, 2.75) is 38.2 Å². The van der Waals surface area contributed by atoms with Gasteiger partial charge in [0.2, 0.25) is 5.91 Å². The second kappa shape index (κ2) is 12.4. The van der Waals surface area contributed by atoms with Crippen molar-refractivity contribution in [1.82, 2.24) is 39.3 Å². The number of likely N-dealkylation sites (tertiary alicyclic amines) is 1. The number of hydrogen-bond donors (Lipinski definition) is 2.